The predicted molar refractivity (Wildman–Crippen MR) is 68.4 cm³/mol. The Morgan fingerprint density at radius 1 is 1.50 bits per heavy atom. The summed E-state index contributed by atoms with van der Waals surface area (Å²) in [5, 5.41) is 16.1. The van der Waals surface area contributed by atoms with Crippen molar-refractivity contribution in [2.24, 2.45) is 7.05 Å². The molecule has 1 amide bonds. The Morgan fingerprint density at radius 3 is 2.83 bits per heavy atom. The summed E-state index contributed by atoms with van der Waals surface area (Å²) in [5.41, 5.74) is 7.26. The zero-order valence-corrected chi connectivity index (χ0v) is 10.1. The lowest BCUT2D eigenvalue weighted by Crippen LogP contribution is -2.14. The lowest BCUT2D eigenvalue weighted by Gasteiger charge is -2.07. The van der Waals surface area contributed by atoms with Crippen molar-refractivity contribution in [3.05, 3.63) is 35.5 Å². The molecule has 0 aliphatic carbocycles. The summed E-state index contributed by atoms with van der Waals surface area (Å²) >= 11 is 0. The first-order chi connectivity index (χ1) is 8.49. The van der Waals surface area contributed by atoms with Gasteiger partial charge in [0.1, 0.15) is 17.1 Å². The van der Waals surface area contributed by atoms with E-state index in [2.05, 4.69) is 10.4 Å². The second kappa shape index (κ2) is 4.40. The maximum atomic E-state index is 12.0. The Hall–Kier alpha value is -2.50. The minimum Gasteiger partial charge on any atom is -0.506 e. The first-order valence-corrected chi connectivity index (χ1v) is 5.37. The Balaban J connectivity index is 2.27. The molecule has 0 aliphatic heterocycles. The van der Waals surface area contributed by atoms with Crippen LogP contribution in [-0.2, 0) is 7.05 Å². The van der Waals surface area contributed by atoms with E-state index < -0.39 is 5.91 Å². The molecule has 18 heavy (non-hydrogen) atoms. The van der Waals surface area contributed by atoms with Crippen molar-refractivity contribution >= 4 is 17.4 Å². The number of hydrogen-bond acceptors (Lipinski definition) is 4. The number of benzene rings is 1. The topological polar surface area (TPSA) is 93.2 Å². The Kier molecular flexibility index (Phi) is 2.93. The molecule has 1 aromatic carbocycles. The smallest absolute Gasteiger partial charge is 0.261 e. The van der Waals surface area contributed by atoms with E-state index in [1.54, 1.807) is 19.2 Å². The number of hydrogen-bond donors (Lipinski definition) is 3. The van der Waals surface area contributed by atoms with Gasteiger partial charge < -0.3 is 16.2 Å². The van der Waals surface area contributed by atoms with Gasteiger partial charge in [0.15, 0.2) is 0 Å². The van der Waals surface area contributed by atoms with Crippen LogP contribution in [0, 0.1) is 6.92 Å². The molecule has 0 unspecified atom stereocenters. The van der Waals surface area contributed by atoms with E-state index >= 15 is 0 Å². The van der Waals surface area contributed by atoms with Crippen molar-refractivity contribution in [3.63, 3.8) is 0 Å². The standard InChI is InChI=1S/C12H14N4O2/c1-7-3-4-10(17)9(5-7)15-12(18)8-6-14-16(2)11(8)13/h3-6,17H,13H2,1-2H3,(H,15,18). The third-order valence-electron chi connectivity index (χ3n) is 2.63. The molecule has 4 N–H and O–H groups in total. The monoisotopic (exact) mass is 246 g/mol. The molecule has 0 radical (unpaired) electrons. The van der Waals surface area contributed by atoms with Crippen LogP contribution in [0.5, 0.6) is 5.75 Å². The summed E-state index contributed by atoms with van der Waals surface area (Å²) in [6.07, 6.45) is 1.39. The van der Waals surface area contributed by atoms with Crippen molar-refractivity contribution in [2.75, 3.05) is 11.1 Å². The van der Waals surface area contributed by atoms with Gasteiger partial charge in [0.05, 0.1) is 11.9 Å². The molecule has 0 spiro atoms. The van der Waals surface area contributed by atoms with Gasteiger partial charge in [-0.15, -0.1) is 0 Å². The fourth-order valence-electron chi connectivity index (χ4n) is 1.56. The van der Waals surface area contributed by atoms with Gasteiger partial charge in [-0.05, 0) is 24.6 Å². The van der Waals surface area contributed by atoms with Gasteiger partial charge in [0.2, 0.25) is 0 Å². The van der Waals surface area contributed by atoms with Crippen molar-refractivity contribution in [3.8, 4) is 5.75 Å². The third kappa shape index (κ3) is 2.13. The summed E-state index contributed by atoms with van der Waals surface area (Å²) < 4.78 is 1.41. The third-order valence-corrected chi connectivity index (χ3v) is 2.63. The van der Waals surface area contributed by atoms with Gasteiger partial charge >= 0.3 is 0 Å². The molecule has 0 saturated carbocycles. The van der Waals surface area contributed by atoms with E-state index in [0.29, 0.717) is 5.69 Å². The van der Waals surface area contributed by atoms with Gasteiger partial charge in [-0.2, -0.15) is 5.10 Å². The van der Waals surface area contributed by atoms with Crippen molar-refractivity contribution < 1.29 is 9.90 Å². The molecular weight excluding hydrogens is 232 g/mol. The molecule has 0 atom stereocenters. The number of nitrogens with zero attached hydrogens (tertiary/aromatic N) is 2. The van der Waals surface area contributed by atoms with E-state index in [4.69, 9.17) is 5.73 Å². The van der Waals surface area contributed by atoms with Gasteiger partial charge in [-0.3, -0.25) is 9.48 Å². The van der Waals surface area contributed by atoms with E-state index in [1.807, 2.05) is 6.92 Å². The second-order valence-corrected chi connectivity index (χ2v) is 4.04. The van der Waals surface area contributed by atoms with Crippen LogP contribution in [0.3, 0.4) is 0 Å². The fourth-order valence-corrected chi connectivity index (χ4v) is 1.56. The van der Waals surface area contributed by atoms with Crippen LogP contribution in [-0.4, -0.2) is 20.8 Å². The van der Waals surface area contributed by atoms with E-state index in [1.165, 1.54) is 16.9 Å². The number of carbonyl (C=O) groups excluding carboxylic acids is 1. The summed E-state index contributed by atoms with van der Waals surface area (Å²) in [7, 11) is 1.65. The van der Waals surface area contributed by atoms with Crippen LogP contribution in [0.2, 0.25) is 0 Å². The van der Waals surface area contributed by atoms with E-state index in [9.17, 15) is 9.90 Å². The molecule has 0 aliphatic rings. The largest absolute Gasteiger partial charge is 0.506 e. The first-order valence-electron chi connectivity index (χ1n) is 5.37. The maximum Gasteiger partial charge on any atom is 0.261 e. The Labute approximate surface area is 104 Å². The highest BCUT2D eigenvalue weighted by atomic mass is 16.3. The van der Waals surface area contributed by atoms with Crippen LogP contribution < -0.4 is 11.1 Å². The summed E-state index contributed by atoms with van der Waals surface area (Å²) in [5.74, 6) is -0.113. The number of rotatable bonds is 2. The zero-order valence-electron chi connectivity index (χ0n) is 10.1. The number of anilines is 2. The van der Waals surface area contributed by atoms with Gasteiger partial charge in [0, 0.05) is 7.05 Å². The van der Waals surface area contributed by atoms with Crippen LogP contribution in [0.1, 0.15) is 15.9 Å². The molecular formula is C12H14N4O2. The number of nitrogens with two attached hydrogens (primary N) is 1. The van der Waals surface area contributed by atoms with Crippen LogP contribution in [0.15, 0.2) is 24.4 Å². The van der Waals surface area contributed by atoms with Crippen molar-refractivity contribution in [1.82, 2.24) is 9.78 Å². The average molecular weight is 246 g/mol. The minimum atomic E-state index is -0.401. The molecule has 6 heteroatoms. The normalized spacial score (nSPS) is 10.3. The molecule has 2 rings (SSSR count). The zero-order chi connectivity index (χ0) is 13.3. The number of nitrogens with one attached hydrogen (secondary N) is 1. The van der Waals surface area contributed by atoms with Crippen LogP contribution in [0.25, 0.3) is 0 Å². The Morgan fingerprint density at radius 2 is 2.22 bits per heavy atom. The number of aromatic hydroxyl groups is 1. The lowest BCUT2D eigenvalue weighted by molar-refractivity contribution is 0.102. The van der Waals surface area contributed by atoms with Crippen molar-refractivity contribution in [2.45, 2.75) is 6.92 Å². The molecule has 0 fully saturated rings. The number of aryl methyl sites for hydroxylation is 2. The quantitative estimate of drug-likeness (QED) is 0.695. The maximum absolute atomic E-state index is 12.0. The highest BCUT2D eigenvalue weighted by Crippen LogP contribution is 2.25. The van der Waals surface area contributed by atoms with Crippen LogP contribution >= 0.6 is 0 Å². The number of phenols is 1. The first kappa shape index (κ1) is 12.0. The minimum absolute atomic E-state index is 0.0106. The average Bonchev–Trinajstić information content (AvgIpc) is 2.65. The van der Waals surface area contributed by atoms with Gasteiger partial charge in [-0.1, -0.05) is 6.07 Å². The number of carbonyl (C=O) groups is 1. The molecule has 94 valence electrons. The molecule has 0 bridgehead atoms. The van der Waals surface area contributed by atoms with Crippen molar-refractivity contribution in [1.29, 1.82) is 0 Å². The molecule has 6 nitrogen and oxygen atoms in total. The fraction of sp³-hybridized carbons (Fsp3) is 0.167. The molecule has 0 saturated heterocycles. The Bertz CT molecular complexity index is 604. The number of amides is 1. The van der Waals surface area contributed by atoms with E-state index in [-0.39, 0.29) is 17.1 Å². The van der Waals surface area contributed by atoms with E-state index in [0.717, 1.165) is 5.56 Å². The van der Waals surface area contributed by atoms with Gasteiger partial charge in [0.25, 0.3) is 5.91 Å². The molecule has 1 heterocycles. The summed E-state index contributed by atoms with van der Waals surface area (Å²) in [4.78, 5) is 12.0. The summed E-state index contributed by atoms with van der Waals surface area (Å²) in [6.45, 7) is 1.87. The highest BCUT2D eigenvalue weighted by molar-refractivity contribution is 6.07. The lowest BCUT2D eigenvalue weighted by atomic mass is 10.2. The predicted octanol–water partition coefficient (Wildman–Crippen LogP) is 1.27. The summed E-state index contributed by atoms with van der Waals surface area (Å²) in [6, 6.07) is 4.96. The SMILES string of the molecule is Cc1ccc(O)c(NC(=O)c2cnn(C)c2N)c1. The van der Waals surface area contributed by atoms with Crippen LogP contribution in [0.4, 0.5) is 11.5 Å². The molecule has 1 aromatic heterocycles. The highest BCUT2D eigenvalue weighted by Gasteiger charge is 2.15. The number of aromatic nitrogens is 2. The number of phenolic OH excluding ortho intramolecular Hbond substituents is 1. The number of nitrogen functional groups attached to an aromatic ring is 1. The second-order valence-electron chi connectivity index (χ2n) is 4.04. The molecule has 2 aromatic rings. The van der Waals surface area contributed by atoms with Gasteiger partial charge in [-0.25, -0.2) is 0 Å².